The van der Waals surface area contributed by atoms with E-state index < -0.39 is 21.6 Å². The van der Waals surface area contributed by atoms with Gasteiger partial charge in [-0.05, 0) is 43.3 Å². The van der Waals surface area contributed by atoms with Crippen molar-refractivity contribution in [2.45, 2.75) is 30.6 Å². The first-order chi connectivity index (χ1) is 11.5. The zero-order chi connectivity index (χ0) is 18.8. The van der Waals surface area contributed by atoms with Crippen LogP contribution in [0.25, 0.3) is 0 Å². The summed E-state index contributed by atoms with van der Waals surface area (Å²) in [5.41, 5.74) is 0.401. The zero-order valence-electron chi connectivity index (χ0n) is 14.2. The van der Waals surface area contributed by atoms with E-state index in [1.165, 1.54) is 24.3 Å². The van der Waals surface area contributed by atoms with Crippen LogP contribution in [0, 0.1) is 0 Å². The zero-order valence-corrected chi connectivity index (χ0v) is 15.0. The summed E-state index contributed by atoms with van der Waals surface area (Å²) in [5, 5.41) is 0. The Labute approximate surface area is 146 Å². The van der Waals surface area contributed by atoms with Gasteiger partial charge in [0.1, 0.15) is 0 Å². The first-order valence-electron chi connectivity index (χ1n) is 7.65. The number of hydrogen-bond donors (Lipinski definition) is 0. The second kappa shape index (κ2) is 7.17. The van der Waals surface area contributed by atoms with E-state index in [2.05, 4.69) is 0 Å². The Balaban J connectivity index is 2.20. The Morgan fingerprint density at radius 3 is 2.12 bits per heavy atom. The lowest BCUT2D eigenvalue weighted by atomic mass is 10.0. The average molecular weight is 371 g/mol. The van der Waals surface area contributed by atoms with E-state index in [9.17, 15) is 21.6 Å². The lowest BCUT2D eigenvalue weighted by molar-refractivity contribution is -0.138. The van der Waals surface area contributed by atoms with E-state index in [1.807, 2.05) is 6.92 Å². The van der Waals surface area contributed by atoms with Crippen molar-refractivity contribution in [3.8, 4) is 0 Å². The van der Waals surface area contributed by atoms with Crippen molar-refractivity contribution >= 4 is 9.84 Å². The molecule has 0 aliphatic rings. The molecule has 0 fully saturated rings. The predicted octanol–water partition coefficient (Wildman–Crippen LogP) is 4.30. The summed E-state index contributed by atoms with van der Waals surface area (Å²) in [6.45, 7) is 2.00. The fourth-order valence-corrected chi connectivity index (χ4v) is 3.22. The van der Waals surface area contributed by atoms with E-state index in [-0.39, 0.29) is 23.0 Å². The van der Waals surface area contributed by atoms with E-state index in [1.54, 1.807) is 30.1 Å². The molecule has 136 valence electrons. The Morgan fingerprint density at radius 2 is 1.60 bits per heavy atom. The standard InChI is InChI=1S/C18H20F3NO2S/c1-13(14-8-10-16(11-9-14)25(3,23)24)22(2)12-15-6-4-5-7-17(15)18(19,20)21/h4-11,13H,12H2,1-3H3/t13-/m1/s1. The van der Waals surface area contributed by atoms with Crippen LogP contribution in [0.3, 0.4) is 0 Å². The van der Waals surface area contributed by atoms with Crippen molar-refractivity contribution in [3.05, 3.63) is 65.2 Å². The van der Waals surface area contributed by atoms with Crippen molar-refractivity contribution in [1.82, 2.24) is 4.90 Å². The average Bonchev–Trinajstić information content (AvgIpc) is 2.53. The van der Waals surface area contributed by atoms with Crippen molar-refractivity contribution in [2.75, 3.05) is 13.3 Å². The first kappa shape index (κ1) is 19.5. The van der Waals surface area contributed by atoms with Crippen LogP contribution in [0.1, 0.15) is 29.7 Å². The molecule has 0 saturated carbocycles. The van der Waals surface area contributed by atoms with Crippen LogP contribution >= 0.6 is 0 Å². The smallest absolute Gasteiger partial charge is 0.295 e. The van der Waals surface area contributed by atoms with Crippen LogP contribution in [-0.2, 0) is 22.6 Å². The highest BCUT2D eigenvalue weighted by atomic mass is 32.2. The highest BCUT2D eigenvalue weighted by Crippen LogP contribution is 2.33. The molecule has 7 heteroatoms. The van der Waals surface area contributed by atoms with Crippen molar-refractivity contribution in [1.29, 1.82) is 0 Å². The van der Waals surface area contributed by atoms with Crippen molar-refractivity contribution in [2.24, 2.45) is 0 Å². The summed E-state index contributed by atoms with van der Waals surface area (Å²) < 4.78 is 62.3. The van der Waals surface area contributed by atoms with Gasteiger partial charge in [0, 0.05) is 18.8 Å². The van der Waals surface area contributed by atoms with Crippen LogP contribution in [0.5, 0.6) is 0 Å². The molecule has 0 aromatic heterocycles. The molecule has 0 spiro atoms. The van der Waals surface area contributed by atoms with Gasteiger partial charge in [-0.2, -0.15) is 13.2 Å². The van der Waals surface area contributed by atoms with Crippen molar-refractivity contribution < 1.29 is 21.6 Å². The van der Waals surface area contributed by atoms with Gasteiger partial charge in [0.2, 0.25) is 0 Å². The highest BCUT2D eigenvalue weighted by molar-refractivity contribution is 7.90. The largest absolute Gasteiger partial charge is 0.416 e. The summed E-state index contributed by atoms with van der Waals surface area (Å²) >= 11 is 0. The molecule has 25 heavy (non-hydrogen) atoms. The fraction of sp³-hybridized carbons (Fsp3) is 0.333. The molecule has 0 unspecified atom stereocenters. The molecule has 2 rings (SSSR count). The molecule has 0 saturated heterocycles. The van der Waals surface area contributed by atoms with Gasteiger partial charge in [-0.15, -0.1) is 0 Å². The first-order valence-corrected chi connectivity index (χ1v) is 9.54. The van der Waals surface area contributed by atoms with Crippen LogP contribution in [0.2, 0.25) is 0 Å². The Hall–Kier alpha value is -1.86. The van der Waals surface area contributed by atoms with Crippen LogP contribution < -0.4 is 0 Å². The van der Waals surface area contributed by atoms with Gasteiger partial charge in [0.15, 0.2) is 9.84 Å². The predicted molar refractivity (Wildman–Crippen MR) is 90.9 cm³/mol. The number of halogens is 3. The van der Waals surface area contributed by atoms with Gasteiger partial charge in [0.25, 0.3) is 0 Å². The van der Waals surface area contributed by atoms with E-state index >= 15 is 0 Å². The molecular weight excluding hydrogens is 351 g/mol. The normalized spacial score (nSPS) is 13.9. The van der Waals surface area contributed by atoms with Gasteiger partial charge < -0.3 is 0 Å². The summed E-state index contributed by atoms with van der Waals surface area (Å²) in [5.74, 6) is 0. The van der Waals surface area contributed by atoms with Gasteiger partial charge in [0.05, 0.1) is 10.5 Å². The van der Waals surface area contributed by atoms with Crippen LogP contribution in [-0.4, -0.2) is 26.6 Å². The van der Waals surface area contributed by atoms with Crippen LogP contribution in [0.4, 0.5) is 13.2 Å². The summed E-state index contributed by atoms with van der Waals surface area (Å²) in [7, 11) is -1.54. The molecule has 3 nitrogen and oxygen atoms in total. The maximum atomic E-state index is 13.1. The molecule has 0 aliphatic carbocycles. The van der Waals surface area contributed by atoms with E-state index in [0.29, 0.717) is 0 Å². The molecule has 0 bridgehead atoms. The minimum absolute atomic E-state index is 0.130. The van der Waals surface area contributed by atoms with Gasteiger partial charge in [-0.25, -0.2) is 8.42 Å². The quantitative estimate of drug-likeness (QED) is 0.786. The third-order valence-corrected chi connectivity index (χ3v) is 5.32. The summed E-state index contributed by atoms with van der Waals surface area (Å²) in [6.07, 6.45) is -3.26. The van der Waals surface area contributed by atoms with E-state index in [0.717, 1.165) is 17.9 Å². The topological polar surface area (TPSA) is 37.4 Å². The lowest BCUT2D eigenvalue weighted by Crippen LogP contribution is -2.23. The van der Waals surface area contributed by atoms with Gasteiger partial charge in [-0.3, -0.25) is 4.90 Å². The second-order valence-electron chi connectivity index (χ2n) is 6.09. The Morgan fingerprint density at radius 1 is 1.04 bits per heavy atom. The maximum Gasteiger partial charge on any atom is 0.416 e. The molecule has 1 atom stereocenters. The number of rotatable bonds is 5. The third-order valence-electron chi connectivity index (χ3n) is 4.19. The fourth-order valence-electron chi connectivity index (χ4n) is 2.59. The molecular formula is C18H20F3NO2S. The molecule has 0 amide bonds. The van der Waals surface area contributed by atoms with Gasteiger partial charge in [-0.1, -0.05) is 30.3 Å². The number of sulfone groups is 1. The van der Waals surface area contributed by atoms with Crippen molar-refractivity contribution in [3.63, 3.8) is 0 Å². The van der Waals surface area contributed by atoms with Crippen LogP contribution in [0.15, 0.2) is 53.4 Å². The minimum Gasteiger partial charge on any atom is -0.295 e. The minimum atomic E-state index is -4.39. The molecule has 0 aliphatic heterocycles. The monoisotopic (exact) mass is 371 g/mol. The lowest BCUT2D eigenvalue weighted by Gasteiger charge is -2.26. The summed E-state index contributed by atoms with van der Waals surface area (Å²) in [4.78, 5) is 2.01. The SMILES string of the molecule is C[C@H](c1ccc(S(C)(=O)=O)cc1)N(C)Cc1ccccc1C(F)(F)F. The van der Waals surface area contributed by atoms with Gasteiger partial charge >= 0.3 is 6.18 Å². The Kier molecular flexibility index (Phi) is 5.58. The Bertz CT molecular complexity index is 830. The molecule has 2 aromatic rings. The molecule has 0 heterocycles. The summed E-state index contributed by atoms with van der Waals surface area (Å²) in [6, 6.07) is 11.7. The highest BCUT2D eigenvalue weighted by Gasteiger charge is 2.33. The third kappa shape index (κ3) is 4.83. The maximum absolute atomic E-state index is 13.1. The number of hydrogen-bond acceptors (Lipinski definition) is 3. The number of nitrogens with zero attached hydrogens (tertiary/aromatic N) is 1. The van der Waals surface area contributed by atoms with E-state index in [4.69, 9.17) is 0 Å². The number of benzene rings is 2. The second-order valence-corrected chi connectivity index (χ2v) is 8.10. The molecule has 0 N–H and O–H groups in total. The molecule has 0 radical (unpaired) electrons. The molecule has 2 aromatic carbocycles. The number of alkyl halides is 3.